The third-order valence-electron chi connectivity index (χ3n) is 3.71. The Morgan fingerprint density at radius 1 is 1.26 bits per heavy atom. The van der Waals surface area contributed by atoms with Gasteiger partial charge in [0.1, 0.15) is 5.84 Å². The standard InChI is InChI=1S/C15H24N4/c1-18(10-11-19-8-2-3-9-19)12-13-4-6-14(7-5-13)15(16)17/h4-7H,2-3,8-12H2,1H3,(H3,16,17). The van der Waals surface area contributed by atoms with Crippen LogP contribution >= 0.6 is 0 Å². The molecule has 0 aliphatic carbocycles. The smallest absolute Gasteiger partial charge is 0.122 e. The van der Waals surface area contributed by atoms with Crippen molar-refractivity contribution in [1.82, 2.24) is 9.80 Å². The van der Waals surface area contributed by atoms with Gasteiger partial charge >= 0.3 is 0 Å². The lowest BCUT2D eigenvalue weighted by Crippen LogP contribution is -2.31. The van der Waals surface area contributed by atoms with Crippen LogP contribution in [0.4, 0.5) is 0 Å². The molecule has 0 unspecified atom stereocenters. The quantitative estimate of drug-likeness (QED) is 0.602. The normalized spacial score (nSPS) is 16.1. The third-order valence-corrected chi connectivity index (χ3v) is 3.71. The Hall–Kier alpha value is -1.39. The Morgan fingerprint density at radius 3 is 2.47 bits per heavy atom. The lowest BCUT2D eigenvalue weighted by molar-refractivity contribution is 0.252. The maximum atomic E-state index is 7.37. The van der Waals surface area contributed by atoms with E-state index in [0.29, 0.717) is 0 Å². The number of nitrogens with zero attached hydrogens (tertiary/aromatic N) is 2. The van der Waals surface area contributed by atoms with Gasteiger partial charge in [0.15, 0.2) is 0 Å². The van der Waals surface area contributed by atoms with Crippen LogP contribution in [0.25, 0.3) is 0 Å². The van der Waals surface area contributed by atoms with Crippen LogP contribution in [-0.4, -0.2) is 48.9 Å². The highest BCUT2D eigenvalue weighted by Crippen LogP contribution is 2.09. The van der Waals surface area contributed by atoms with E-state index >= 15 is 0 Å². The van der Waals surface area contributed by atoms with Crippen molar-refractivity contribution in [2.45, 2.75) is 19.4 Å². The van der Waals surface area contributed by atoms with Crippen LogP contribution in [0.3, 0.4) is 0 Å². The summed E-state index contributed by atoms with van der Waals surface area (Å²) >= 11 is 0. The summed E-state index contributed by atoms with van der Waals surface area (Å²) < 4.78 is 0. The molecule has 1 fully saturated rings. The predicted octanol–water partition coefficient (Wildman–Crippen LogP) is 1.50. The van der Waals surface area contributed by atoms with Gasteiger partial charge in [0.2, 0.25) is 0 Å². The van der Waals surface area contributed by atoms with E-state index in [1.54, 1.807) is 0 Å². The van der Waals surface area contributed by atoms with Gasteiger partial charge in [-0.2, -0.15) is 0 Å². The van der Waals surface area contributed by atoms with E-state index in [1.165, 1.54) is 38.0 Å². The van der Waals surface area contributed by atoms with E-state index in [2.05, 4.69) is 29.0 Å². The van der Waals surface area contributed by atoms with Crippen LogP contribution in [0.2, 0.25) is 0 Å². The molecule has 1 aliphatic rings. The molecule has 4 nitrogen and oxygen atoms in total. The Morgan fingerprint density at radius 2 is 1.89 bits per heavy atom. The van der Waals surface area contributed by atoms with Crippen LogP contribution < -0.4 is 5.73 Å². The van der Waals surface area contributed by atoms with Crippen molar-refractivity contribution in [2.24, 2.45) is 5.73 Å². The molecule has 1 aromatic carbocycles. The molecule has 1 aliphatic heterocycles. The van der Waals surface area contributed by atoms with Gasteiger partial charge in [0.05, 0.1) is 0 Å². The van der Waals surface area contributed by atoms with Gasteiger partial charge in [-0.05, 0) is 38.5 Å². The molecule has 0 radical (unpaired) electrons. The van der Waals surface area contributed by atoms with Crippen LogP contribution in [0.15, 0.2) is 24.3 Å². The van der Waals surface area contributed by atoms with Gasteiger partial charge in [-0.3, -0.25) is 5.41 Å². The van der Waals surface area contributed by atoms with Crippen molar-refractivity contribution in [3.63, 3.8) is 0 Å². The molecule has 0 bridgehead atoms. The molecule has 19 heavy (non-hydrogen) atoms. The number of likely N-dealkylation sites (N-methyl/N-ethyl adjacent to an activating group) is 1. The van der Waals surface area contributed by atoms with Gasteiger partial charge in [0.25, 0.3) is 0 Å². The summed E-state index contributed by atoms with van der Waals surface area (Å²) in [5, 5.41) is 7.37. The maximum absolute atomic E-state index is 7.37. The van der Waals surface area contributed by atoms with Gasteiger partial charge < -0.3 is 15.5 Å². The Bertz CT molecular complexity index is 407. The van der Waals surface area contributed by atoms with Crippen LogP contribution in [0.5, 0.6) is 0 Å². The third kappa shape index (κ3) is 4.33. The first-order valence-corrected chi connectivity index (χ1v) is 6.99. The van der Waals surface area contributed by atoms with Crippen molar-refractivity contribution < 1.29 is 0 Å². The molecule has 0 spiro atoms. The number of amidine groups is 1. The molecule has 0 saturated carbocycles. The summed E-state index contributed by atoms with van der Waals surface area (Å²) in [5.41, 5.74) is 7.52. The van der Waals surface area contributed by atoms with Crippen molar-refractivity contribution in [3.8, 4) is 0 Å². The zero-order valence-corrected chi connectivity index (χ0v) is 11.7. The molecule has 1 aromatic rings. The largest absolute Gasteiger partial charge is 0.384 e. The summed E-state index contributed by atoms with van der Waals surface area (Å²) in [6.07, 6.45) is 2.71. The van der Waals surface area contributed by atoms with Crippen molar-refractivity contribution in [1.29, 1.82) is 5.41 Å². The summed E-state index contributed by atoms with van der Waals surface area (Å²) in [6.45, 7) is 5.75. The second kappa shape index (κ2) is 6.68. The number of hydrogen-bond acceptors (Lipinski definition) is 3. The van der Waals surface area contributed by atoms with E-state index in [1.807, 2.05) is 12.1 Å². The molecular weight excluding hydrogens is 236 g/mol. The number of rotatable bonds is 6. The van der Waals surface area contributed by atoms with E-state index in [0.717, 1.165) is 18.7 Å². The topological polar surface area (TPSA) is 56.4 Å². The summed E-state index contributed by atoms with van der Waals surface area (Å²) in [4.78, 5) is 4.89. The summed E-state index contributed by atoms with van der Waals surface area (Å²) in [7, 11) is 2.16. The molecule has 1 heterocycles. The van der Waals surface area contributed by atoms with Crippen molar-refractivity contribution in [3.05, 3.63) is 35.4 Å². The van der Waals surface area contributed by atoms with Crippen LogP contribution in [-0.2, 0) is 6.54 Å². The number of nitrogens with one attached hydrogen (secondary N) is 1. The maximum Gasteiger partial charge on any atom is 0.122 e. The van der Waals surface area contributed by atoms with Gasteiger partial charge in [-0.25, -0.2) is 0 Å². The second-order valence-corrected chi connectivity index (χ2v) is 5.40. The van der Waals surface area contributed by atoms with Crippen LogP contribution in [0.1, 0.15) is 24.0 Å². The number of nitrogens with two attached hydrogens (primary N) is 1. The fourth-order valence-electron chi connectivity index (χ4n) is 2.50. The Balaban J connectivity index is 1.77. The zero-order valence-electron chi connectivity index (χ0n) is 11.7. The van der Waals surface area contributed by atoms with Crippen molar-refractivity contribution >= 4 is 5.84 Å². The molecule has 0 aromatic heterocycles. The first kappa shape index (κ1) is 14.0. The average molecular weight is 260 g/mol. The van der Waals surface area contributed by atoms with E-state index in [4.69, 9.17) is 11.1 Å². The van der Waals surface area contributed by atoms with E-state index < -0.39 is 0 Å². The minimum atomic E-state index is 0.133. The highest BCUT2D eigenvalue weighted by atomic mass is 15.2. The van der Waals surface area contributed by atoms with Gasteiger partial charge in [-0.15, -0.1) is 0 Å². The lowest BCUT2D eigenvalue weighted by atomic mass is 10.1. The molecule has 0 atom stereocenters. The number of hydrogen-bond donors (Lipinski definition) is 2. The molecule has 2 rings (SSSR count). The lowest BCUT2D eigenvalue weighted by Gasteiger charge is -2.21. The van der Waals surface area contributed by atoms with Crippen molar-refractivity contribution in [2.75, 3.05) is 33.2 Å². The number of likely N-dealkylation sites (tertiary alicyclic amines) is 1. The van der Waals surface area contributed by atoms with Gasteiger partial charge in [0, 0.05) is 25.2 Å². The summed E-state index contributed by atoms with van der Waals surface area (Å²) in [6, 6.07) is 7.96. The average Bonchev–Trinajstić information content (AvgIpc) is 2.90. The number of nitrogen functional groups attached to an aromatic ring is 1. The second-order valence-electron chi connectivity index (χ2n) is 5.40. The van der Waals surface area contributed by atoms with Gasteiger partial charge in [-0.1, -0.05) is 24.3 Å². The zero-order chi connectivity index (χ0) is 13.7. The molecule has 4 heteroatoms. The summed E-state index contributed by atoms with van der Waals surface area (Å²) in [5.74, 6) is 0.133. The first-order valence-electron chi connectivity index (χ1n) is 6.99. The highest BCUT2D eigenvalue weighted by Gasteiger charge is 2.11. The fraction of sp³-hybridized carbons (Fsp3) is 0.533. The molecule has 3 N–H and O–H groups in total. The molecule has 1 saturated heterocycles. The molecule has 104 valence electrons. The van der Waals surface area contributed by atoms with E-state index in [9.17, 15) is 0 Å². The Kier molecular flexibility index (Phi) is 4.93. The SMILES string of the molecule is CN(CCN1CCCC1)Cc1ccc(C(=N)N)cc1. The van der Waals surface area contributed by atoms with E-state index in [-0.39, 0.29) is 5.84 Å². The first-order chi connectivity index (χ1) is 9.15. The number of benzene rings is 1. The molecular formula is C15H24N4. The monoisotopic (exact) mass is 260 g/mol. The molecule has 0 amide bonds. The fourth-order valence-corrected chi connectivity index (χ4v) is 2.50. The van der Waals surface area contributed by atoms with Crippen LogP contribution in [0, 0.1) is 5.41 Å². The highest BCUT2D eigenvalue weighted by molar-refractivity contribution is 5.94. The minimum Gasteiger partial charge on any atom is -0.384 e. The predicted molar refractivity (Wildman–Crippen MR) is 79.5 cm³/mol. The minimum absolute atomic E-state index is 0.133. The Labute approximate surface area is 115 Å².